The molecule has 1 aromatic carbocycles. The van der Waals surface area contributed by atoms with Crippen LogP contribution in [0.2, 0.25) is 0 Å². The summed E-state index contributed by atoms with van der Waals surface area (Å²) >= 11 is 3.38. The molecule has 0 radical (unpaired) electrons. The standard InChI is InChI=1S/C14H15NO2S2/c1-2-18-8-10-4-3-5-11(6-10)14-15-12(9-19-14)7-13(16)17/h3-6,9H,2,7-8H2,1H3,(H,16,17). The molecule has 1 heterocycles. The number of aromatic nitrogens is 1. The van der Waals surface area contributed by atoms with E-state index < -0.39 is 5.97 Å². The highest BCUT2D eigenvalue weighted by atomic mass is 32.2. The summed E-state index contributed by atoms with van der Waals surface area (Å²) in [6.45, 7) is 2.15. The number of nitrogens with zero attached hydrogens (tertiary/aromatic N) is 1. The van der Waals surface area contributed by atoms with Crippen molar-refractivity contribution in [1.82, 2.24) is 4.98 Å². The van der Waals surface area contributed by atoms with E-state index in [0.717, 1.165) is 22.1 Å². The molecule has 5 heteroatoms. The molecule has 0 aliphatic rings. The Morgan fingerprint density at radius 2 is 2.32 bits per heavy atom. The minimum Gasteiger partial charge on any atom is -0.481 e. The molecular formula is C14H15NO2S2. The van der Waals surface area contributed by atoms with Crippen LogP contribution in [0.15, 0.2) is 29.6 Å². The Labute approximate surface area is 120 Å². The van der Waals surface area contributed by atoms with Crippen molar-refractivity contribution in [3.63, 3.8) is 0 Å². The lowest BCUT2D eigenvalue weighted by Crippen LogP contribution is -1.99. The fourth-order valence-corrected chi connectivity index (χ4v) is 3.13. The molecule has 0 saturated heterocycles. The Morgan fingerprint density at radius 1 is 1.47 bits per heavy atom. The Balaban J connectivity index is 2.16. The van der Waals surface area contributed by atoms with Gasteiger partial charge in [0.05, 0.1) is 12.1 Å². The quantitative estimate of drug-likeness (QED) is 0.882. The molecule has 0 unspecified atom stereocenters. The monoisotopic (exact) mass is 293 g/mol. The average Bonchev–Trinajstić information content (AvgIpc) is 2.84. The van der Waals surface area contributed by atoms with Crippen LogP contribution in [0.4, 0.5) is 0 Å². The summed E-state index contributed by atoms with van der Waals surface area (Å²) in [7, 11) is 0. The first-order valence-electron chi connectivity index (χ1n) is 6.02. The summed E-state index contributed by atoms with van der Waals surface area (Å²) in [5.41, 5.74) is 2.97. The van der Waals surface area contributed by atoms with Gasteiger partial charge in [-0.3, -0.25) is 4.79 Å². The number of carboxylic acid groups (broad SMARTS) is 1. The number of rotatable bonds is 6. The Kier molecular flexibility index (Phi) is 4.99. The molecule has 1 aromatic heterocycles. The molecule has 2 aromatic rings. The van der Waals surface area contributed by atoms with E-state index in [0.29, 0.717) is 5.69 Å². The zero-order valence-corrected chi connectivity index (χ0v) is 12.3. The number of carbonyl (C=O) groups is 1. The van der Waals surface area contributed by atoms with Crippen LogP contribution in [0.1, 0.15) is 18.2 Å². The first-order chi connectivity index (χ1) is 9.19. The van der Waals surface area contributed by atoms with Gasteiger partial charge in [0.1, 0.15) is 5.01 Å². The summed E-state index contributed by atoms with van der Waals surface area (Å²) in [5, 5.41) is 11.5. The minimum atomic E-state index is -0.843. The number of carboxylic acids is 1. The van der Waals surface area contributed by atoms with Gasteiger partial charge in [-0.2, -0.15) is 11.8 Å². The number of hydrogen-bond acceptors (Lipinski definition) is 4. The van der Waals surface area contributed by atoms with Crippen LogP contribution in [-0.4, -0.2) is 21.8 Å². The first-order valence-corrected chi connectivity index (χ1v) is 8.05. The lowest BCUT2D eigenvalue weighted by atomic mass is 10.1. The van der Waals surface area contributed by atoms with E-state index in [2.05, 4.69) is 24.0 Å². The highest BCUT2D eigenvalue weighted by Gasteiger charge is 2.08. The maximum atomic E-state index is 10.6. The van der Waals surface area contributed by atoms with Gasteiger partial charge in [-0.25, -0.2) is 4.98 Å². The van der Waals surface area contributed by atoms with Crippen molar-refractivity contribution in [2.45, 2.75) is 19.1 Å². The van der Waals surface area contributed by atoms with Crippen LogP contribution >= 0.6 is 23.1 Å². The molecule has 3 nitrogen and oxygen atoms in total. The molecule has 0 atom stereocenters. The molecule has 0 bridgehead atoms. The Bertz CT molecular complexity index is 566. The van der Waals surface area contributed by atoms with E-state index in [4.69, 9.17) is 5.11 Å². The van der Waals surface area contributed by atoms with E-state index >= 15 is 0 Å². The second kappa shape index (κ2) is 6.73. The summed E-state index contributed by atoms with van der Waals surface area (Å²) in [6, 6.07) is 8.28. The third-order valence-electron chi connectivity index (χ3n) is 2.53. The predicted octanol–water partition coefficient (Wildman–Crippen LogP) is 3.69. The molecule has 100 valence electrons. The second-order valence-electron chi connectivity index (χ2n) is 4.05. The molecule has 0 aliphatic carbocycles. The van der Waals surface area contributed by atoms with Gasteiger partial charge in [-0.15, -0.1) is 11.3 Å². The third-order valence-corrected chi connectivity index (χ3v) is 4.42. The van der Waals surface area contributed by atoms with Crippen LogP contribution in [0.5, 0.6) is 0 Å². The van der Waals surface area contributed by atoms with Gasteiger partial charge in [0, 0.05) is 16.7 Å². The number of thioether (sulfide) groups is 1. The predicted molar refractivity (Wildman–Crippen MR) is 80.7 cm³/mol. The topological polar surface area (TPSA) is 50.2 Å². The van der Waals surface area contributed by atoms with E-state index in [9.17, 15) is 4.79 Å². The van der Waals surface area contributed by atoms with Gasteiger partial charge in [0.15, 0.2) is 0 Å². The first kappa shape index (κ1) is 14.1. The van der Waals surface area contributed by atoms with Crippen molar-refractivity contribution >= 4 is 29.1 Å². The average molecular weight is 293 g/mol. The Morgan fingerprint density at radius 3 is 3.05 bits per heavy atom. The maximum Gasteiger partial charge on any atom is 0.309 e. The van der Waals surface area contributed by atoms with Crippen molar-refractivity contribution in [3.8, 4) is 10.6 Å². The van der Waals surface area contributed by atoms with Gasteiger partial charge in [-0.05, 0) is 17.4 Å². The van der Waals surface area contributed by atoms with Crippen molar-refractivity contribution in [3.05, 3.63) is 40.9 Å². The molecule has 0 fully saturated rings. The minimum absolute atomic E-state index is 0.0120. The molecule has 0 saturated carbocycles. The van der Waals surface area contributed by atoms with Crippen molar-refractivity contribution < 1.29 is 9.90 Å². The van der Waals surface area contributed by atoms with Crippen molar-refractivity contribution in [2.24, 2.45) is 0 Å². The summed E-state index contributed by atoms with van der Waals surface area (Å²) in [6.07, 6.45) is -0.0120. The molecule has 1 N–H and O–H groups in total. The fourth-order valence-electron chi connectivity index (χ4n) is 1.69. The SMILES string of the molecule is CCSCc1cccc(-c2nc(CC(=O)O)cs2)c1. The molecular weight excluding hydrogens is 278 g/mol. The van der Waals surface area contributed by atoms with E-state index in [1.54, 1.807) is 0 Å². The second-order valence-corrected chi connectivity index (χ2v) is 6.18. The van der Waals surface area contributed by atoms with Gasteiger partial charge in [0.25, 0.3) is 0 Å². The zero-order valence-electron chi connectivity index (χ0n) is 10.6. The molecule has 2 rings (SSSR count). The lowest BCUT2D eigenvalue weighted by Gasteiger charge is -2.02. The third kappa shape index (κ3) is 4.08. The number of benzene rings is 1. The Hall–Kier alpha value is -1.33. The summed E-state index contributed by atoms with van der Waals surface area (Å²) in [5.74, 6) is 1.26. The van der Waals surface area contributed by atoms with E-state index in [1.165, 1.54) is 16.9 Å². The van der Waals surface area contributed by atoms with E-state index in [1.807, 2.05) is 29.3 Å². The van der Waals surface area contributed by atoms with Crippen LogP contribution in [0, 0.1) is 0 Å². The normalized spacial score (nSPS) is 10.6. The van der Waals surface area contributed by atoms with Gasteiger partial charge >= 0.3 is 5.97 Å². The summed E-state index contributed by atoms with van der Waals surface area (Å²) in [4.78, 5) is 15.0. The lowest BCUT2D eigenvalue weighted by molar-refractivity contribution is -0.136. The largest absolute Gasteiger partial charge is 0.481 e. The van der Waals surface area contributed by atoms with Crippen LogP contribution in [0.25, 0.3) is 10.6 Å². The van der Waals surface area contributed by atoms with Crippen LogP contribution in [0.3, 0.4) is 0 Å². The molecule has 0 spiro atoms. The highest BCUT2D eigenvalue weighted by molar-refractivity contribution is 7.98. The van der Waals surface area contributed by atoms with Gasteiger partial charge in [0.2, 0.25) is 0 Å². The fraction of sp³-hybridized carbons (Fsp3) is 0.286. The van der Waals surface area contributed by atoms with E-state index in [-0.39, 0.29) is 6.42 Å². The summed E-state index contributed by atoms with van der Waals surface area (Å²) < 4.78 is 0. The van der Waals surface area contributed by atoms with Crippen molar-refractivity contribution in [1.29, 1.82) is 0 Å². The highest BCUT2D eigenvalue weighted by Crippen LogP contribution is 2.26. The molecule has 0 amide bonds. The number of aliphatic carboxylic acids is 1. The molecule has 0 aliphatic heterocycles. The number of hydrogen-bond donors (Lipinski definition) is 1. The maximum absolute atomic E-state index is 10.6. The van der Waals surface area contributed by atoms with Crippen LogP contribution < -0.4 is 0 Å². The van der Waals surface area contributed by atoms with Gasteiger partial charge < -0.3 is 5.11 Å². The van der Waals surface area contributed by atoms with Crippen LogP contribution in [-0.2, 0) is 17.0 Å². The zero-order chi connectivity index (χ0) is 13.7. The van der Waals surface area contributed by atoms with Crippen molar-refractivity contribution in [2.75, 3.05) is 5.75 Å². The number of thiazole rings is 1. The van der Waals surface area contributed by atoms with Gasteiger partial charge in [-0.1, -0.05) is 25.1 Å². The smallest absolute Gasteiger partial charge is 0.309 e. The molecule has 19 heavy (non-hydrogen) atoms.